The van der Waals surface area contributed by atoms with E-state index in [4.69, 9.17) is 0 Å². The Morgan fingerprint density at radius 3 is 2.31 bits per heavy atom. The number of hydrogen-bond acceptors (Lipinski definition) is 7. The van der Waals surface area contributed by atoms with Crippen molar-refractivity contribution in [1.82, 2.24) is 15.5 Å². The van der Waals surface area contributed by atoms with Crippen molar-refractivity contribution in [3.63, 3.8) is 0 Å². The van der Waals surface area contributed by atoms with Gasteiger partial charge in [-0.15, -0.1) is 0 Å². The third kappa shape index (κ3) is 8.16. The van der Waals surface area contributed by atoms with Gasteiger partial charge < -0.3 is 10.6 Å². The summed E-state index contributed by atoms with van der Waals surface area (Å²) in [6.07, 6.45) is 0.503. The fourth-order valence-electron chi connectivity index (χ4n) is 5.00. The Hall–Kier alpha value is -3.16. The molecule has 13 heteroatoms. The highest BCUT2D eigenvalue weighted by molar-refractivity contribution is 7.86. The second-order valence-electron chi connectivity index (χ2n) is 10.00. The average molecular weight is 569 g/mol. The number of hydrogen-bond donors (Lipinski definition) is 3. The summed E-state index contributed by atoms with van der Waals surface area (Å²) in [6.45, 7) is 1.11. The summed E-state index contributed by atoms with van der Waals surface area (Å²) in [5.41, 5.74) is 3.09. The van der Waals surface area contributed by atoms with E-state index < -0.39 is 27.8 Å². The van der Waals surface area contributed by atoms with Crippen LogP contribution in [-0.4, -0.2) is 63.1 Å². The van der Waals surface area contributed by atoms with Crippen LogP contribution in [0.1, 0.15) is 53.1 Å². The number of nitrogens with one attached hydrogen (secondary N) is 3. The number of anilines is 1. The lowest BCUT2D eigenvalue weighted by atomic mass is 9.80. The molecule has 2 fully saturated rings. The molecule has 0 radical (unpaired) electrons. The average Bonchev–Trinajstić information content (AvgIpc) is 2.87. The van der Waals surface area contributed by atoms with Crippen molar-refractivity contribution < 1.29 is 35.5 Å². The van der Waals surface area contributed by atoms with Gasteiger partial charge in [-0.2, -0.15) is 25.9 Å². The molecule has 9 nitrogen and oxygen atoms in total. The van der Waals surface area contributed by atoms with E-state index in [-0.39, 0.29) is 24.1 Å². The summed E-state index contributed by atoms with van der Waals surface area (Å²) in [7, 11) is -3.58. The van der Waals surface area contributed by atoms with Gasteiger partial charge in [0.1, 0.15) is 0 Å². The molecule has 1 aliphatic heterocycles. The number of benzene rings is 2. The number of halogens is 3. The van der Waals surface area contributed by atoms with Gasteiger partial charge in [0.15, 0.2) is 0 Å². The van der Waals surface area contributed by atoms with E-state index in [1.54, 1.807) is 12.1 Å². The maximum atomic E-state index is 12.8. The van der Waals surface area contributed by atoms with E-state index in [9.17, 15) is 31.2 Å². The van der Waals surface area contributed by atoms with Gasteiger partial charge >= 0.3 is 6.18 Å². The SMILES string of the molecule is CS(=O)(=O)ONc1ccc(C2CCC(N3CC(NC(=O)CNC(=O)c4cccc(C(F)(F)F)c4)C3)CC2)cc1. The van der Waals surface area contributed by atoms with Gasteiger partial charge in [-0.3, -0.25) is 14.5 Å². The molecule has 1 aliphatic carbocycles. The van der Waals surface area contributed by atoms with Gasteiger partial charge in [-0.1, -0.05) is 18.2 Å². The molecule has 0 spiro atoms. The molecule has 3 N–H and O–H groups in total. The van der Waals surface area contributed by atoms with Crippen molar-refractivity contribution >= 4 is 27.6 Å². The largest absolute Gasteiger partial charge is 0.416 e. The number of carbonyl (C=O) groups is 2. The Bertz CT molecular complexity index is 1270. The third-order valence-corrected chi connectivity index (χ3v) is 7.43. The van der Waals surface area contributed by atoms with E-state index in [0.29, 0.717) is 30.7 Å². The summed E-state index contributed by atoms with van der Waals surface area (Å²) in [4.78, 5) is 26.7. The molecule has 1 saturated heterocycles. The molecule has 0 bridgehead atoms. The highest BCUT2D eigenvalue weighted by Crippen LogP contribution is 2.36. The van der Waals surface area contributed by atoms with Crippen LogP contribution in [0, 0.1) is 0 Å². The van der Waals surface area contributed by atoms with Crippen LogP contribution in [0.25, 0.3) is 0 Å². The molecule has 39 heavy (non-hydrogen) atoms. The van der Waals surface area contributed by atoms with Crippen molar-refractivity contribution in [2.75, 3.05) is 31.4 Å². The third-order valence-electron chi connectivity index (χ3n) is 7.04. The number of alkyl halides is 3. The Kier molecular flexibility index (Phi) is 8.82. The Morgan fingerprint density at radius 1 is 1.03 bits per heavy atom. The first kappa shape index (κ1) is 28.8. The predicted octanol–water partition coefficient (Wildman–Crippen LogP) is 3.27. The predicted molar refractivity (Wildman–Crippen MR) is 138 cm³/mol. The molecule has 2 aromatic rings. The first-order chi connectivity index (χ1) is 18.4. The van der Waals surface area contributed by atoms with Crippen molar-refractivity contribution in [2.24, 2.45) is 0 Å². The zero-order chi connectivity index (χ0) is 28.2. The van der Waals surface area contributed by atoms with E-state index in [1.165, 1.54) is 11.6 Å². The van der Waals surface area contributed by atoms with E-state index in [0.717, 1.165) is 50.1 Å². The molecular weight excluding hydrogens is 537 g/mol. The van der Waals surface area contributed by atoms with Gasteiger partial charge in [0, 0.05) is 24.7 Å². The van der Waals surface area contributed by atoms with Crippen molar-refractivity contribution in [1.29, 1.82) is 0 Å². The summed E-state index contributed by atoms with van der Waals surface area (Å²) < 4.78 is 65.3. The highest BCUT2D eigenvalue weighted by Gasteiger charge is 2.35. The van der Waals surface area contributed by atoms with Crippen molar-refractivity contribution in [3.8, 4) is 0 Å². The minimum atomic E-state index is -4.55. The standard InChI is InChI=1S/C26H31F3N4O5S/c1-39(36,37)38-32-21-9-5-17(6-10-21)18-7-11-23(12-8-18)33-15-22(16-33)31-24(34)14-30-25(35)19-3-2-4-20(13-19)26(27,28)29/h2-6,9-10,13,18,22-23,32H,7-8,11-12,14-16H2,1H3,(H,30,35)(H,31,34). The molecule has 2 aliphatic rings. The number of rotatable bonds is 9. The second kappa shape index (κ2) is 11.9. The quantitative estimate of drug-likeness (QED) is 0.398. The van der Waals surface area contributed by atoms with Gasteiger partial charge in [-0.05, 0) is 67.5 Å². The normalized spacial score (nSPS) is 20.6. The summed E-state index contributed by atoms with van der Waals surface area (Å²) >= 11 is 0. The highest BCUT2D eigenvalue weighted by atomic mass is 32.2. The molecular formula is C26H31F3N4O5S. The molecule has 0 aromatic heterocycles. The lowest BCUT2D eigenvalue weighted by molar-refractivity contribution is -0.137. The molecule has 212 valence electrons. The molecule has 2 aromatic carbocycles. The number of likely N-dealkylation sites (tertiary alicyclic amines) is 1. The number of nitrogens with zero attached hydrogens (tertiary/aromatic N) is 1. The van der Waals surface area contributed by atoms with E-state index in [2.05, 4.69) is 25.3 Å². The van der Waals surface area contributed by atoms with Crippen LogP contribution in [0.5, 0.6) is 0 Å². The molecule has 2 amide bonds. The van der Waals surface area contributed by atoms with Crippen LogP contribution in [0.4, 0.5) is 18.9 Å². The van der Waals surface area contributed by atoms with Crippen LogP contribution in [0.2, 0.25) is 0 Å². The zero-order valence-electron chi connectivity index (χ0n) is 21.3. The summed E-state index contributed by atoms with van der Waals surface area (Å²) in [5, 5.41) is 5.23. The summed E-state index contributed by atoms with van der Waals surface area (Å²) in [6, 6.07) is 12.0. The van der Waals surface area contributed by atoms with Crippen LogP contribution in [0.3, 0.4) is 0 Å². The second-order valence-corrected chi connectivity index (χ2v) is 11.6. The Balaban J connectivity index is 1.14. The zero-order valence-corrected chi connectivity index (χ0v) is 22.1. The number of amides is 2. The summed E-state index contributed by atoms with van der Waals surface area (Å²) in [5.74, 6) is -0.705. The van der Waals surface area contributed by atoms with E-state index in [1.807, 2.05) is 12.1 Å². The molecule has 1 saturated carbocycles. The Morgan fingerprint density at radius 2 is 1.69 bits per heavy atom. The molecule has 4 rings (SSSR count). The first-order valence-electron chi connectivity index (χ1n) is 12.6. The Labute approximate surface area is 225 Å². The van der Waals surface area contributed by atoms with Crippen LogP contribution in [0.15, 0.2) is 48.5 Å². The van der Waals surface area contributed by atoms with Gasteiger partial charge in [0.25, 0.3) is 16.0 Å². The fraction of sp³-hybridized carbons (Fsp3) is 0.462. The fourth-order valence-corrected chi connectivity index (χ4v) is 5.25. The number of carbonyl (C=O) groups excluding carboxylic acids is 2. The van der Waals surface area contributed by atoms with Gasteiger partial charge in [0.05, 0.1) is 30.1 Å². The van der Waals surface area contributed by atoms with E-state index >= 15 is 0 Å². The molecule has 1 heterocycles. The van der Waals surface area contributed by atoms with Gasteiger partial charge in [-0.25, -0.2) is 5.48 Å². The molecule has 0 unspecified atom stereocenters. The maximum Gasteiger partial charge on any atom is 0.416 e. The van der Waals surface area contributed by atoms with Crippen molar-refractivity contribution in [3.05, 3.63) is 65.2 Å². The topological polar surface area (TPSA) is 117 Å². The van der Waals surface area contributed by atoms with Crippen LogP contribution >= 0.6 is 0 Å². The minimum Gasteiger partial charge on any atom is -0.349 e. The lowest BCUT2D eigenvalue weighted by Crippen LogP contribution is -2.63. The minimum absolute atomic E-state index is 0.0325. The van der Waals surface area contributed by atoms with Gasteiger partial charge in [0.2, 0.25) is 5.91 Å². The smallest absolute Gasteiger partial charge is 0.349 e. The molecule has 0 atom stereocenters. The van der Waals surface area contributed by atoms with Crippen LogP contribution in [-0.2, 0) is 25.4 Å². The maximum absolute atomic E-state index is 12.8. The van der Waals surface area contributed by atoms with Crippen LogP contribution < -0.4 is 16.1 Å². The monoisotopic (exact) mass is 568 g/mol. The first-order valence-corrected chi connectivity index (χ1v) is 14.4. The lowest BCUT2D eigenvalue weighted by Gasteiger charge is -2.46. The van der Waals surface area contributed by atoms with Crippen molar-refractivity contribution in [2.45, 2.75) is 49.9 Å².